The minimum atomic E-state index is -0.393. The number of halogens is 1. The van der Waals surface area contributed by atoms with Crippen molar-refractivity contribution in [1.29, 1.82) is 5.26 Å². The van der Waals surface area contributed by atoms with Gasteiger partial charge in [-0.3, -0.25) is 0 Å². The van der Waals surface area contributed by atoms with Gasteiger partial charge in [0.1, 0.15) is 23.7 Å². The molecule has 0 radical (unpaired) electrons. The maximum absolute atomic E-state index is 9.60. The number of rotatable bonds is 2. The van der Waals surface area contributed by atoms with Crippen LogP contribution in [0.25, 0.3) is 11.3 Å². The Kier molecular flexibility index (Phi) is 3.68. The van der Waals surface area contributed by atoms with Crippen LogP contribution < -0.4 is 11.1 Å². The number of aromatic nitrogens is 2. The number of hydrogen-bond acceptors (Lipinski definition) is 4. The Morgan fingerprint density at radius 2 is 1.84 bits per heavy atom. The molecule has 25 heavy (non-hydrogen) atoms. The molecule has 3 aromatic rings. The lowest BCUT2D eigenvalue weighted by molar-refractivity contribution is 0.588. The highest BCUT2D eigenvalue weighted by atomic mass is 35.5. The lowest BCUT2D eigenvalue weighted by atomic mass is 9.98. The topological polar surface area (TPSA) is 79.7 Å². The number of nitrogens with one attached hydrogen (secondary N) is 1. The van der Waals surface area contributed by atoms with Gasteiger partial charge in [-0.05, 0) is 17.7 Å². The lowest BCUT2D eigenvalue weighted by Gasteiger charge is -2.26. The van der Waals surface area contributed by atoms with Gasteiger partial charge in [0.2, 0.25) is 0 Å². The zero-order valence-electron chi connectivity index (χ0n) is 13.1. The third kappa shape index (κ3) is 2.63. The molecule has 3 N–H and O–H groups in total. The van der Waals surface area contributed by atoms with Crippen molar-refractivity contribution in [2.24, 2.45) is 5.73 Å². The maximum Gasteiger partial charge on any atom is 0.131 e. The minimum Gasteiger partial charge on any atom is -0.384 e. The van der Waals surface area contributed by atoms with Crippen molar-refractivity contribution < 1.29 is 0 Å². The molecule has 0 spiro atoms. The number of hydrogen-bond donors (Lipinski definition) is 2. The number of nitriles is 1. The van der Waals surface area contributed by atoms with Crippen LogP contribution in [0.5, 0.6) is 0 Å². The van der Waals surface area contributed by atoms with Crippen LogP contribution in [-0.2, 0) is 0 Å². The predicted octanol–water partition coefficient (Wildman–Crippen LogP) is 3.91. The SMILES string of the molecule is N#CC1=C(N)Nc2cc(-c3ccccc3)nn2C1c1ccc(Cl)cc1. The summed E-state index contributed by atoms with van der Waals surface area (Å²) in [5, 5.41) is 18.0. The van der Waals surface area contributed by atoms with Crippen LogP contribution in [0.3, 0.4) is 0 Å². The Labute approximate surface area is 150 Å². The first-order valence-corrected chi connectivity index (χ1v) is 8.12. The van der Waals surface area contributed by atoms with E-state index in [4.69, 9.17) is 22.4 Å². The standard InChI is InChI=1S/C19H14ClN5/c20-14-8-6-13(7-9-14)18-15(11-21)19(22)23-17-10-16(24-25(17)18)12-4-2-1-3-5-12/h1-10,18,23H,22H2. The van der Waals surface area contributed by atoms with Crippen LogP contribution in [0, 0.1) is 11.3 Å². The fraction of sp³-hybridized carbons (Fsp3) is 0.0526. The third-order valence-corrected chi connectivity index (χ3v) is 4.43. The van der Waals surface area contributed by atoms with Crippen LogP contribution in [0.1, 0.15) is 11.6 Å². The van der Waals surface area contributed by atoms with E-state index in [0.29, 0.717) is 16.4 Å². The van der Waals surface area contributed by atoms with Gasteiger partial charge in [-0.2, -0.15) is 10.4 Å². The first-order valence-electron chi connectivity index (χ1n) is 7.74. The summed E-state index contributed by atoms with van der Waals surface area (Å²) >= 11 is 6.00. The van der Waals surface area contributed by atoms with Gasteiger partial charge in [0.05, 0.1) is 11.3 Å². The van der Waals surface area contributed by atoms with Crippen molar-refractivity contribution in [1.82, 2.24) is 9.78 Å². The first-order chi connectivity index (χ1) is 12.2. The molecule has 6 heteroatoms. The number of fused-ring (bicyclic) bond motifs is 1. The fourth-order valence-corrected chi connectivity index (χ4v) is 3.11. The van der Waals surface area contributed by atoms with Gasteiger partial charge in [-0.25, -0.2) is 4.68 Å². The predicted molar refractivity (Wildman–Crippen MR) is 97.7 cm³/mol. The van der Waals surface area contributed by atoms with Crippen LogP contribution >= 0.6 is 11.6 Å². The van der Waals surface area contributed by atoms with Gasteiger partial charge in [-0.15, -0.1) is 0 Å². The van der Waals surface area contributed by atoms with Crippen LogP contribution in [0.4, 0.5) is 5.82 Å². The van der Waals surface area contributed by atoms with Crippen LogP contribution in [0.15, 0.2) is 72.1 Å². The lowest BCUT2D eigenvalue weighted by Crippen LogP contribution is -2.28. The van der Waals surface area contributed by atoms with E-state index in [9.17, 15) is 5.26 Å². The second-order valence-electron chi connectivity index (χ2n) is 5.74. The van der Waals surface area contributed by atoms with Crippen molar-refractivity contribution in [3.8, 4) is 17.3 Å². The summed E-state index contributed by atoms with van der Waals surface area (Å²) in [5.41, 5.74) is 9.23. The molecule has 0 fully saturated rings. The van der Waals surface area contributed by atoms with E-state index in [-0.39, 0.29) is 0 Å². The summed E-state index contributed by atoms with van der Waals surface area (Å²) in [6.07, 6.45) is 0. The summed E-state index contributed by atoms with van der Waals surface area (Å²) in [7, 11) is 0. The summed E-state index contributed by atoms with van der Waals surface area (Å²) in [4.78, 5) is 0. The highest BCUT2D eigenvalue weighted by molar-refractivity contribution is 6.30. The Hall–Kier alpha value is -3.23. The molecule has 122 valence electrons. The Bertz CT molecular complexity index is 997. The quantitative estimate of drug-likeness (QED) is 0.736. The van der Waals surface area contributed by atoms with E-state index in [2.05, 4.69) is 11.4 Å². The van der Waals surface area contributed by atoms with Crippen molar-refractivity contribution >= 4 is 17.4 Å². The van der Waals surface area contributed by atoms with Crippen LogP contribution in [-0.4, -0.2) is 9.78 Å². The monoisotopic (exact) mass is 347 g/mol. The van der Waals surface area contributed by atoms with Crippen molar-refractivity contribution in [2.75, 3.05) is 5.32 Å². The molecule has 0 aliphatic carbocycles. The average Bonchev–Trinajstić information content (AvgIpc) is 3.05. The summed E-state index contributed by atoms with van der Waals surface area (Å²) in [6, 6.07) is 21.0. The van der Waals surface area contributed by atoms with Gasteiger partial charge in [0.15, 0.2) is 0 Å². The van der Waals surface area contributed by atoms with Crippen molar-refractivity contribution in [3.63, 3.8) is 0 Å². The van der Waals surface area contributed by atoms with Gasteiger partial charge >= 0.3 is 0 Å². The van der Waals surface area contributed by atoms with Crippen molar-refractivity contribution in [2.45, 2.75) is 6.04 Å². The molecule has 1 atom stereocenters. The third-order valence-electron chi connectivity index (χ3n) is 4.18. The zero-order chi connectivity index (χ0) is 17.4. The molecule has 0 amide bonds. The largest absolute Gasteiger partial charge is 0.384 e. The van der Waals surface area contributed by atoms with Gasteiger partial charge in [0, 0.05) is 16.7 Å². The van der Waals surface area contributed by atoms with Gasteiger partial charge in [-0.1, -0.05) is 54.1 Å². The van der Waals surface area contributed by atoms with E-state index < -0.39 is 6.04 Å². The molecule has 1 unspecified atom stereocenters. The maximum atomic E-state index is 9.60. The molecular formula is C19H14ClN5. The average molecular weight is 348 g/mol. The molecule has 5 nitrogen and oxygen atoms in total. The highest BCUT2D eigenvalue weighted by Crippen LogP contribution is 2.36. The molecule has 0 saturated carbocycles. The number of nitrogens with zero attached hydrogens (tertiary/aromatic N) is 3. The first kappa shape index (κ1) is 15.3. The van der Waals surface area contributed by atoms with E-state index >= 15 is 0 Å². The summed E-state index contributed by atoms with van der Waals surface area (Å²) in [5.74, 6) is 1.09. The summed E-state index contributed by atoms with van der Waals surface area (Å²) < 4.78 is 1.79. The van der Waals surface area contributed by atoms with Gasteiger partial charge in [0.25, 0.3) is 0 Å². The number of allylic oxidation sites excluding steroid dienone is 1. The Morgan fingerprint density at radius 1 is 1.12 bits per heavy atom. The molecule has 0 saturated heterocycles. The summed E-state index contributed by atoms with van der Waals surface area (Å²) in [6.45, 7) is 0. The fourth-order valence-electron chi connectivity index (χ4n) is 2.98. The van der Waals surface area contributed by atoms with Crippen molar-refractivity contribution in [3.05, 3.63) is 82.6 Å². The normalized spacial score (nSPS) is 16.1. The van der Waals surface area contributed by atoms with E-state index in [0.717, 1.165) is 22.6 Å². The molecule has 0 bridgehead atoms. The molecule has 1 aliphatic heterocycles. The molecule has 1 aromatic heterocycles. The zero-order valence-corrected chi connectivity index (χ0v) is 13.9. The number of anilines is 1. The van der Waals surface area contributed by atoms with E-state index in [1.807, 2.05) is 48.5 Å². The van der Waals surface area contributed by atoms with E-state index in [1.54, 1.807) is 16.8 Å². The van der Waals surface area contributed by atoms with Crippen LogP contribution in [0.2, 0.25) is 5.02 Å². The molecule has 2 heterocycles. The number of nitrogens with two attached hydrogens (primary N) is 1. The minimum absolute atomic E-state index is 0.342. The second-order valence-corrected chi connectivity index (χ2v) is 6.18. The second kappa shape index (κ2) is 6.00. The number of benzene rings is 2. The molecule has 2 aromatic carbocycles. The molecular weight excluding hydrogens is 334 g/mol. The molecule has 4 rings (SSSR count). The Morgan fingerprint density at radius 3 is 2.52 bits per heavy atom. The Balaban J connectivity index is 1.87. The van der Waals surface area contributed by atoms with E-state index in [1.165, 1.54) is 0 Å². The van der Waals surface area contributed by atoms with Gasteiger partial charge < -0.3 is 11.1 Å². The smallest absolute Gasteiger partial charge is 0.131 e. The highest BCUT2D eigenvalue weighted by Gasteiger charge is 2.30. The molecule has 1 aliphatic rings.